The van der Waals surface area contributed by atoms with E-state index in [1.165, 1.54) is 0 Å². The van der Waals surface area contributed by atoms with Crippen LogP contribution >= 0.6 is 0 Å². The Morgan fingerprint density at radius 2 is 1.65 bits per heavy atom. The Labute approximate surface area is 135 Å². The van der Waals surface area contributed by atoms with E-state index in [2.05, 4.69) is 5.43 Å². The Kier molecular flexibility index (Phi) is 3.19. The van der Waals surface area contributed by atoms with Crippen LogP contribution < -0.4 is 15.7 Å². The van der Waals surface area contributed by atoms with Crippen molar-refractivity contribution in [2.45, 2.75) is 18.9 Å². The number of hydrogen-bond donors (Lipinski definition) is 1. The molecule has 0 aliphatic carbocycles. The summed E-state index contributed by atoms with van der Waals surface area (Å²) in [6.07, 6.45) is 4.55. The number of anilines is 2. The molecule has 0 amide bonds. The predicted octanol–water partition coefficient (Wildman–Crippen LogP) is 3.44. The van der Waals surface area contributed by atoms with Crippen molar-refractivity contribution in [1.29, 1.82) is 0 Å². The maximum Gasteiger partial charge on any atom is 0.189 e. The van der Waals surface area contributed by atoms with Crippen molar-refractivity contribution in [2.24, 2.45) is 5.10 Å². The molecule has 0 radical (unpaired) electrons. The molecule has 1 N–H and O–H groups in total. The van der Waals surface area contributed by atoms with Crippen molar-refractivity contribution in [3.63, 3.8) is 0 Å². The summed E-state index contributed by atoms with van der Waals surface area (Å²) in [6, 6.07) is 20.1. The van der Waals surface area contributed by atoms with Crippen LogP contribution in [-0.2, 0) is 4.74 Å². The van der Waals surface area contributed by atoms with Crippen molar-refractivity contribution in [1.82, 2.24) is 5.43 Å². The van der Waals surface area contributed by atoms with E-state index in [1.807, 2.05) is 83.9 Å². The second-order valence-corrected chi connectivity index (χ2v) is 5.76. The standard InChI is InChI=1S/C18H18N4O/c1-18(13-8-14-23-18)17-19-21(15-9-4-2-5-10-15)22(20-17)16-11-6-3-7-12-16/h2-12,14H,13H2,1H3,(H,19,20). The van der Waals surface area contributed by atoms with E-state index in [0.29, 0.717) is 0 Å². The van der Waals surface area contributed by atoms with Gasteiger partial charge in [0.1, 0.15) is 0 Å². The Hall–Kier alpha value is -2.95. The number of hydrazone groups is 1. The number of nitrogens with zero attached hydrogens (tertiary/aromatic N) is 3. The molecule has 5 heteroatoms. The monoisotopic (exact) mass is 306 g/mol. The molecular formula is C18H18N4O. The predicted molar refractivity (Wildman–Crippen MR) is 91.7 cm³/mol. The summed E-state index contributed by atoms with van der Waals surface area (Å²) in [5, 5.41) is 8.56. The lowest BCUT2D eigenvalue weighted by Crippen LogP contribution is -2.50. The van der Waals surface area contributed by atoms with Gasteiger partial charge in [-0.05, 0) is 37.3 Å². The fourth-order valence-corrected chi connectivity index (χ4v) is 2.68. The van der Waals surface area contributed by atoms with Crippen LogP contribution in [-0.4, -0.2) is 11.4 Å². The third-order valence-electron chi connectivity index (χ3n) is 4.02. The molecule has 116 valence electrons. The van der Waals surface area contributed by atoms with Crippen LogP contribution in [0.3, 0.4) is 0 Å². The highest BCUT2D eigenvalue weighted by atomic mass is 16.5. The number of rotatable bonds is 3. The molecule has 5 nitrogen and oxygen atoms in total. The van der Waals surface area contributed by atoms with Crippen LogP contribution in [0.15, 0.2) is 78.1 Å². The third kappa shape index (κ3) is 2.40. The number of para-hydroxylation sites is 2. The van der Waals surface area contributed by atoms with Crippen molar-refractivity contribution in [2.75, 3.05) is 10.2 Å². The quantitative estimate of drug-likeness (QED) is 0.943. The number of nitrogens with one attached hydrogen (secondary N) is 1. The largest absolute Gasteiger partial charge is 0.487 e. The highest BCUT2D eigenvalue weighted by molar-refractivity contribution is 5.95. The van der Waals surface area contributed by atoms with Crippen LogP contribution in [0.4, 0.5) is 11.4 Å². The van der Waals surface area contributed by atoms with Gasteiger partial charge < -0.3 is 4.74 Å². The van der Waals surface area contributed by atoms with E-state index >= 15 is 0 Å². The normalized spacial score (nSPS) is 22.7. The molecule has 2 aliphatic heterocycles. The summed E-state index contributed by atoms with van der Waals surface area (Å²) in [4.78, 5) is 0. The Morgan fingerprint density at radius 1 is 1.00 bits per heavy atom. The van der Waals surface area contributed by atoms with Gasteiger partial charge in [-0.2, -0.15) is 10.2 Å². The maximum absolute atomic E-state index is 5.77. The van der Waals surface area contributed by atoms with Crippen molar-refractivity contribution < 1.29 is 4.74 Å². The molecule has 0 saturated heterocycles. The molecule has 1 unspecified atom stereocenters. The second kappa shape index (κ2) is 5.35. The molecule has 2 aromatic carbocycles. The van der Waals surface area contributed by atoms with Gasteiger partial charge in [-0.3, -0.25) is 5.43 Å². The first-order valence-electron chi connectivity index (χ1n) is 7.65. The molecule has 2 heterocycles. The average molecular weight is 306 g/mol. The first-order chi connectivity index (χ1) is 11.3. The van der Waals surface area contributed by atoms with E-state index in [4.69, 9.17) is 9.84 Å². The second-order valence-electron chi connectivity index (χ2n) is 5.76. The number of benzene rings is 2. The van der Waals surface area contributed by atoms with Gasteiger partial charge in [-0.1, -0.05) is 36.4 Å². The zero-order valence-corrected chi connectivity index (χ0v) is 12.9. The number of hydrazine groups is 2. The van der Waals surface area contributed by atoms with Gasteiger partial charge >= 0.3 is 0 Å². The van der Waals surface area contributed by atoms with E-state index in [9.17, 15) is 0 Å². The first-order valence-corrected chi connectivity index (χ1v) is 7.65. The summed E-state index contributed by atoms with van der Waals surface area (Å²) >= 11 is 0. The fourth-order valence-electron chi connectivity index (χ4n) is 2.68. The van der Waals surface area contributed by atoms with Gasteiger partial charge in [0.05, 0.1) is 17.6 Å². The van der Waals surface area contributed by atoms with E-state index in [-0.39, 0.29) is 0 Å². The van der Waals surface area contributed by atoms with Crippen LogP contribution in [0, 0.1) is 0 Å². The van der Waals surface area contributed by atoms with Gasteiger partial charge in [-0.25, -0.2) is 0 Å². The molecule has 0 aromatic heterocycles. The van der Waals surface area contributed by atoms with E-state index < -0.39 is 5.60 Å². The summed E-state index contributed by atoms with van der Waals surface area (Å²) in [5.74, 6) is 0.787. The Bertz CT molecular complexity index is 734. The molecular weight excluding hydrogens is 288 g/mol. The topological polar surface area (TPSA) is 40.1 Å². The minimum absolute atomic E-state index is 0.462. The van der Waals surface area contributed by atoms with Crippen LogP contribution in [0.5, 0.6) is 0 Å². The van der Waals surface area contributed by atoms with Crippen LogP contribution in [0.2, 0.25) is 0 Å². The highest BCUT2D eigenvalue weighted by Crippen LogP contribution is 2.30. The van der Waals surface area contributed by atoms with Crippen LogP contribution in [0.25, 0.3) is 0 Å². The van der Waals surface area contributed by atoms with Gasteiger partial charge in [0.25, 0.3) is 0 Å². The lowest BCUT2D eigenvalue weighted by atomic mass is 10.0. The summed E-state index contributed by atoms with van der Waals surface area (Å²) in [6.45, 7) is 2.04. The van der Waals surface area contributed by atoms with Crippen LogP contribution in [0.1, 0.15) is 13.3 Å². The molecule has 23 heavy (non-hydrogen) atoms. The minimum Gasteiger partial charge on any atom is -0.487 e. The van der Waals surface area contributed by atoms with Gasteiger partial charge in [0, 0.05) is 6.42 Å². The summed E-state index contributed by atoms with van der Waals surface area (Å²) in [7, 11) is 0. The van der Waals surface area contributed by atoms with Gasteiger partial charge in [0.2, 0.25) is 0 Å². The average Bonchev–Trinajstić information content (AvgIpc) is 3.24. The fraction of sp³-hybridized carbons (Fsp3) is 0.167. The Balaban J connectivity index is 1.72. The smallest absolute Gasteiger partial charge is 0.189 e. The number of ether oxygens (including phenoxy) is 1. The molecule has 0 saturated carbocycles. The van der Waals surface area contributed by atoms with Gasteiger partial charge in [0.15, 0.2) is 11.4 Å². The lowest BCUT2D eigenvalue weighted by Gasteiger charge is -2.29. The van der Waals surface area contributed by atoms with E-state index in [0.717, 1.165) is 23.6 Å². The number of hydrogen-bond acceptors (Lipinski definition) is 5. The van der Waals surface area contributed by atoms with Crippen molar-refractivity contribution >= 4 is 17.2 Å². The minimum atomic E-state index is -0.462. The molecule has 0 spiro atoms. The highest BCUT2D eigenvalue weighted by Gasteiger charge is 2.40. The summed E-state index contributed by atoms with van der Waals surface area (Å²) < 4.78 is 5.77. The summed E-state index contributed by atoms with van der Waals surface area (Å²) in [5.41, 5.74) is 4.91. The third-order valence-corrected chi connectivity index (χ3v) is 4.02. The zero-order chi connectivity index (χ0) is 15.7. The molecule has 2 aliphatic rings. The van der Waals surface area contributed by atoms with Crippen molar-refractivity contribution in [3.05, 3.63) is 73.0 Å². The number of amidine groups is 1. The lowest BCUT2D eigenvalue weighted by molar-refractivity contribution is 0.128. The molecule has 0 fully saturated rings. The Morgan fingerprint density at radius 3 is 2.26 bits per heavy atom. The van der Waals surface area contributed by atoms with E-state index in [1.54, 1.807) is 6.26 Å². The zero-order valence-electron chi connectivity index (χ0n) is 12.9. The molecule has 4 rings (SSSR count). The first kappa shape index (κ1) is 13.7. The molecule has 1 atom stereocenters. The molecule has 2 aromatic rings. The SMILES string of the molecule is CC1(C2=NN(c3ccccc3)N(c3ccccc3)N2)CC=CO1. The maximum atomic E-state index is 5.77. The van der Waals surface area contributed by atoms with Gasteiger partial charge in [-0.15, -0.1) is 5.10 Å². The molecule has 0 bridgehead atoms. The van der Waals surface area contributed by atoms with Crippen molar-refractivity contribution in [3.8, 4) is 0 Å².